The maximum Gasteiger partial charge on any atom is 0.416 e. The molecule has 6 heteroatoms. The van der Waals surface area contributed by atoms with Gasteiger partial charge in [0.25, 0.3) is 0 Å². The van der Waals surface area contributed by atoms with E-state index in [1.54, 1.807) is 0 Å². The molecule has 0 heterocycles. The van der Waals surface area contributed by atoms with Crippen LogP contribution >= 0.6 is 0 Å². The van der Waals surface area contributed by atoms with Gasteiger partial charge < -0.3 is 10.4 Å². The maximum atomic E-state index is 12.2. The lowest BCUT2D eigenvalue weighted by atomic mass is 10.2. The fourth-order valence-corrected chi connectivity index (χ4v) is 1.06. The van der Waals surface area contributed by atoms with E-state index in [1.165, 1.54) is 12.1 Å². The summed E-state index contributed by atoms with van der Waals surface area (Å²) < 4.78 is 36.7. The van der Waals surface area contributed by atoms with Gasteiger partial charge in [-0.1, -0.05) is 6.58 Å². The third-order valence-corrected chi connectivity index (χ3v) is 2.02. The lowest BCUT2D eigenvalue weighted by Crippen LogP contribution is -2.11. The van der Waals surface area contributed by atoms with Crippen molar-refractivity contribution in [3.63, 3.8) is 0 Å². The van der Waals surface area contributed by atoms with Crippen LogP contribution in [0.15, 0.2) is 36.4 Å². The second-order valence-electron chi connectivity index (χ2n) is 3.34. The van der Waals surface area contributed by atoms with Gasteiger partial charge >= 0.3 is 12.1 Å². The van der Waals surface area contributed by atoms with Gasteiger partial charge in [-0.3, -0.25) is 0 Å². The van der Waals surface area contributed by atoms with Crippen LogP contribution in [0.3, 0.4) is 0 Å². The fourth-order valence-electron chi connectivity index (χ4n) is 1.06. The minimum Gasteiger partial charge on any atom is -0.478 e. The molecule has 0 fully saturated rings. The van der Waals surface area contributed by atoms with E-state index >= 15 is 0 Å². The lowest BCUT2D eigenvalue weighted by molar-refractivity contribution is -0.137. The van der Waals surface area contributed by atoms with Gasteiger partial charge in [-0.15, -0.1) is 0 Å². The molecule has 0 radical (unpaired) electrons. The minimum absolute atomic E-state index is 0.0271. The predicted octanol–water partition coefficient (Wildman–Crippen LogP) is 2.76. The second kappa shape index (κ2) is 4.90. The topological polar surface area (TPSA) is 49.3 Å². The normalized spacial score (nSPS) is 11.0. The van der Waals surface area contributed by atoms with Crippen LogP contribution in [0, 0.1) is 0 Å². The Kier molecular flexibility index (Phi) is 3.77. The summed E-state index contributed by atoms with van der Waals surface area (Å²) in [6.07, 6.45) is -4.37. The number of carboxylic acids is 1. The number of hydrogen-bond acceptors (Lipinski definition) is 2. The van der Waals surface area contributed by atoms with Crippen molar-refractivity contribution in [1.29, 1.82) is 0 Å². The molecule has 0 amide bonds. The summed E-state index contributed by atoms with van der Waals surface area (Å²) in [5.41, 5.74) is -0.412. The summed E-state index contributed by atoms with van der Waals surface area (Å²) in [6.45, 7) is 3.26. The molecule has 3 nitrogen and oxygen atoms in total. The predicted molar refractivity (Wildman–Crippen MR) is 56.7 cm³/mol. The van der Waals surface area contributed by atoms with Gasteiger partial charge in [-0.05, 0) is 24.3 Å². The first kappa shape index (κ1) is 13.1. The van der Waals surface area contributed by atoms with Crippen molar-refractivity contribution in [3.8, 4) is 0 Å². The molecule has 0 spiro atoms. The Labute approximate surface area is 95.6 Å². The molecule has 1 aromatic carbocycles. The quantitative estimate of drug-likeness (QED) is 0.802. The van der Waals surface area contributed by atoms with Crippen LogP contribution in [-0.4, -0.2) is 17.6 Å². The van der Waals surface area contributed by atoms with Gasteiger partial charge in [0.15, 0.2) is 0 Å². The van der Waals surface area contributed by atoms with Gasteiger partial charge in [0, 0.05) is 17.8 Å². The van der Waals surface area contributed by atoms with Crippen molar-refractivity contribution in [3.05, 3.63) is 42.0 Å². The highest BCUT2D eigenvalue weighted by molar-refractivity contribution is 5.86. The standard InChI is InChI=1S/C11H10F3NO2/c1-7(10(16)17)6-15-9-4-2-8(3-5-9)11(12,13)14/h2-5,15H,1,6H2,(H,16,17). The minimum atomic E-state index is -4.37. The number of nitrogens with one attached hydrogen (secondary N) is 1. The fraction of sp³-hybridized carbons (Fsp3) is 0.182. The van der Waals surface area contributed by atoms with E-state index in [4.69, 9.17) is 5.11 Å². The Morgan fingerprint density at radius 3 is 2.24 bits per heavy atom. The molecule has 0 aliphatic heterocycles. The monoisotopic (exact) mass is 245 g/mol. The molecule has 2 N–H and O–H groups in total. The molecule has 0 aliphatic carbocycles. The molecule has 0 aliphatic rings. The zero-order valence-corrected chi connectivity index (χ0v) is 8.71. The zero-order chi connectivity index (χ0) is 13.1. The van der Waals surface area contributed by atoms with E-state index < -0.39 is 17.7 Å². The Bertz CT molecular complexity index is 423. The van der Waals surface area contributed by atoms with Gasteiger partial charge in [0.2, 0.25) is 0 Å². The molecule has 17 heavy (non-hydrogen) atoms. The van der Waals surface area contributed by atoms with E-state index in [0.29, 0.717) is 5.69 Å². The van der Waals surface area contributed by atoms with Gasteiger partial charge in [0.05, 0.1) is 5.56 Å². The van der Waals surface area contributed by atoms with Crippen molar-refractivity contribution in [2.75, 3.05) is 11.9 Å². The van der Waals surface area contributed by atoms with E-state index in [-0.39, 0.29) is 12.1 Å². The van der Waals surface area contributed by atoms with Gasteiger partial charge in [0.1, 0.15) is 0 Å². The largest absolute Gasteiger partial charge is 0.478 e. The third kappa shape index (κ3) is 3.82. The molecule has 0 atom stereocenters. The third-order valence-electron chi connectivity index (χ3n) is 2.02. The summed E-state index contributed by atoms with van der Waals surface area (Å²) in [5.74, 6) is -1.15. The number of carbonyl (C=O) groups is 1. The maximum absolute atomic E-state index is 12.2. The Hall–Kier alpha value is -1.98. The molecular weight excluding hydrogens is 235 g/mol. The van der Waals surface area contributed by atoms with E-state index in [1.807, 2.05) is 0 Å². The highest BCUT2D eigenvalue weighted by Gasteiger charge is 2.29. The number of anilines is 1. The number of hydrogen-bond donors (Lipinski definition) is 2. The van der Waals surface area contributed by atoms with Crippen molar-refractivity contribution >= 4 is 11.7 Å². The summed E-state index contributed by atoms with van der Waals surface area (Å²) >= 11 is 0. The van der Waals surface area contributed by atoms with Crippen LogP contribution in [0.5, 0.6) is 0 Å². The molecule has 92 valence electrons. The Balaban J connectivity index is 2.63. The van der Waals surface area contributed by atoms with E-state index in [2.05, 4.69) is 11.9 Å². The lowest BCUT2D eigenvalue weighted by Gasteiger charge is -2.09. The number of rotatable bonds is 4. The number of halogens is 3. The Morgan fingerprint density at radius 1 is 1.29 bits per heavy atom. The molecule has 0 aromatic heterocycles. The summed E-state index contributed by atoms with van der Waals surface area (Å²) in [4.78, 5) is 10.4. The molecule has 0 saturated heterocycles. The van der Waals surface area contributed by atoms with Crippen molar-refractivity contribution in [1.82, 2.24) is 0 Å². The summed E-state index contributed by atoms with van der Waals surface area (Å²) in [7, 11) is 0. The number of aliphatic carboxylic acids is 1. The van der Waals surface area contributed by atoms with Crippen molar-refractivity contribution in [2.24, 2.45) is 0 Å². The molecule has 1 rings (SSSR count). The highest BCUT2D eigenvalue weighted by atomic mass is 19.4. The van der Waals surface area contributed by atoms with Gasteiger partial charge in [-0.25, -0.2) is 4.79 Å². The average molecular weight is 245 g/mol. The molecule has 0 bridgehead atoms. The second-order valence-corrected chi connectivity index (χ2v) is 3.34. The SMILES string of the molecule is C=C(CNc1ccc(C(F)(F)F)cc1)C(=O)O. The Morgan fingerprint density at radius 2 is 1.82 bits per heavy atom. The van der Waals surface area contributed by atoms with Crippen LogP contribution in [0.1, 0.15) is 5.56 Å². The van der Waals surface area contributed by atoms with Crippen molar-refractivity contribution < 1.29 is 23.1 Å². The number of benzene rings is 1. The van der Waals surface area contributed by atoms with Crippen LogP contribution in [0.25, 0.3) is 0 Å². The summed E-state index contributed by atoms with van der Waals surface area (Å²) in [5, 5.41) is 11.2. The van der Waals surface area contributed by atoms with Crippen LogP contribution < -0.4 is 5.32 Å². The zero-order valence-electron chi connectivity index (χ0n) is 8.71. The molecular formula is C11H10F3NO2. The highest BCUT2D eigenvalue weighted by Crippen LogP contribution is 2.29. The first-order valence-electron chi connectivity index (χ1n) is 4.63. The van der Waals surface area contributed by atoms with Gasteiger partial charge in [-0.2, -0.15) is 13.2 Å². The molecule has 1 aromatic rings. The number of alkyl halides is 3. The average Bonchev–Trinajstić information content (AvgIpc) is 2.25. The van der Waals surface area contributed by atoms with Crippen LogP contribution in [-0.2, 0) is 11.0 Å². The smallest absolute Gasteiger partial charge is 0.416 e. The molecule has 0 saturated carbocycles. The van der Waals surface area contributed by atoms with E-state index in [9.17, 15) is 18.0 Å². The van der Waals surface area contributed by atoms with Crippen LogP contribution in [0.2, 0.25) is 0 Å². The first-order chi connectivity index (χ1) is 7.80. The summed E-state index contributed by atoms with van der Waals surface area (Å²) in [6, 6.07) is 4.31. The van der Waals surface area contributed by atoms with Crippen molar-refractivity contribution in [2.45, 2.75) is 6.18 Å². The molecule has 0 unspecified atom stereocenters. The van der Waals surface area contributed by atoms with Crippen LogP contribution in [0.4, 0.5) is 18.9 Å². The number of carboxylic acid groups (broad SMARTS) is 1. The first-order valence-corrected chi connectivity index (χ1v) is 4.63. The van der Waals surface area contributed by atoms with E-state index in [0.717, 1.165) is 12.1 Å².